The van der Waals surface area contributed by atoms with Crippen LogP contribution in [0.5, 0.6) is 0 Å². The maximum atomic E-state index is 11.0. The number of carboxylic acid groups (broad SMARTS) is 3. The highest BCUT2D eigenvalue weighted by molar-refractivity contribution is 5.97. The van der Waals surface area contributed by atoms with Crippen molar-refractivity contribution >= 4 is 40.7 Å². The normalized spacial score (nSPS) is 9.94. The second-order valence-corrected chi connectivity index (χ2v) is 6.41. The zero-order valence-corrected chi connectivity index (χ0v) is 16.1. The van der Waals surface area contributed by atoms with Crippen LogP contribution in [0.4, 0.5) is 22.7 Å². The van der Waals surface area contributed by atoms with Gasteiger partial charge in [-0.25, -0.2) is 14.4 Å². The highest BCUT2D eigenvalue weighted by Crippen LogP contribution is 2.27. The van der Waals surface area contributed by atoms with Crippen LogP contribution < -0.4 is 22.9 Å². The van der Waals surface area contributed by atoms with Crippen molar-refractivity contribution in [3.63, 3.8) is 0 Å². The zero-order chi connectivity index (χ0) is 23.3. The van der Waals surface area contributed by atoms with Crippen LogP contribution in [-0.4, -0.2) is 33.2 Å². The van der Waals surface area contributed by atoms with E-state index in [1.54, 1.807) is 12.1 Å². The quantitative estimate of drug-likeness (QED) is 0.303. The Morgan fingerprint density at radius 3 is 1.26 bits per heavy atom. The summed E-state index contributed by atoms with van der Waals surface area (Å²) in [5.41, 5.74) is 24.0. The van der Waals surface area contributed by atoms with Crippen molar-refractivity contribution in [1.29, 1.82) is 0 Å². The first-order valence-corrected chi connectivity index (χ1v) is 8.65. The van der Waals surface area contributed by atoms with Crippen molar-refractivity contribution in [1.82, 2.24) is 0 Å². The Kier molecular flexibility index (Phi) is 6.68. The topological polar surface area (TPSA) is 216 Å². The molecule has 3 aromatic carbocycles. The molecule has 11 N–H and O–H groups in total. The summed E-state index contributed by atoms with van der Waals surface area (Å²) in [6.07, 6.45) is 0. The van der Waals surface area contributed by atoms with Gasteiger partial charge in [0.25, 0.3) is 0 Å². The Morgan fingerprint density at radius 1 is 0.548 bits per heavy atom. The molecule has 3 rings (SSSR count). The van der Waals surface area contributed by atoms with Crippen LogP contribution in [0.2, 0.25) is 0 Å². The van der Waals surface area contributed by atoms with E-state index < -0.39 is 17.9 Å². The van der Waals surface area contributed by atoms with Crippen molar-refractivity contribution in [2.75, 3.05) is 22.9 Å². The minimum absolute atomic E-state index is 0.0313. The van der Waals surface area contributed by atoms with E-state index in [0.29, 0.717) is 22.5 Å². The molecule has 0 amide bonds. The average Bonchev–Trinajstić information content (AvgIpc) is 2.68. The van der Waals surface area contributed by atoms with Gasteiger partial charge in [-0.15, -0.1) is 0 Å². The molecule has 0 heterocycles. The maximum Gasteiger partial charge on any atom is 0.337 e. The third-order valence-corrected chi connectivity index (χ3v) is 4.13. The molecule has 0 unspecified atom stereocenters. The van der Waals surface area contributed by atoms with Gasteiger partial charge in [-0.1, -0.05) is 12.1 Å². The molecule has 0 atom stereocenters. The summed E-state index contributed by atoms with van der Waals surface area (Å²) in [5, 5.41) is 26.6. The minimum Gasteiger partial charge on any atom is -0.478 e. The molecule has 0 saturated carbocycles. The molecule has 0 fully saturated rings. The van der Waals surface area contributed by atoms with Gasteiger partial charge in [0.1, 0.15) is 0 Å². The van der Waals surface area contributed by atoms with Gasteiger partial charge in [0, 0.05) is 22.7 Å². The van der Waals surface area contributed by atoms with E-state index in [2.05, 4.69) is 0 Å². The fourth-order valence-electron chi connectivity index (χ4n) is 2.64. The van der Waals surface area contributed by atoms with Crippen molar-refractivity contribution in [3.8, 4) is 11.1 Å². The number of aromatic carboxylic acids is 3. The molecule has 3 aromatic rings. The number of anilines is 4. The first-order valence-electron chi connectivity index (χ1n) is 8.65. The van der Waals surface area contributed by atoms with Crippen LogP contribution in [-0.2, 0) is 0 Å². The SMILES string of the molecule is Nc1cc(N)cc(C(=O)O)c1.Nc1ccc(-c2ccc(N)c(C(=O)O)c2)cc1C(=O)O. The van der Waals surface area contributed by atoms with Crippen molar-refractivity contribution < 1.29 is 29.7 Å². The molecule has 0 spiro atoms. The molecule has 0 aromatic heterocycles. The molecule has 10 nitrogen and oxygen atoms in total. The number of nitrogen functional groups attached to an aromatic ring is 4. The van der Waals surface area contributed by atoms with Crippen molar-refractivity contribution in [2.24, 2.45) is 0 Å². The summed E-state index contributed by atoms with van der Waals surface area (Å²) in [4.78, 5) is 32.5. The number of hydrogen-bond donors (Lipinski definition) is 7. The van der Waals surface area contributed by atoms with Gasteiger partial charge >= 0.3 is 17.9 Å². The third-order valence-electron chi connectivity index (χ3n) is 4.13. The lowest BCUT2D eigenvalue weighted by Gasteiger charge is -2.08. The summed E-state index contributed by atoms with van der Waals surface area (Å²) in [7, 11) is 0. The standard InChI is InChI=1S/C14H12N2O4.C7H8N2O2/c15-11-3-1-7(5-9(11)13(17)18)8-2-4-12(16)10(6-8)14(19)20;8-5-1-4(7(10)11)2-6(9)3-5/h1-6H,15-16H2,(H,17,18)(H,19,20);1-3H,8-9H2,(H,10,11). The fourth-order valence-corrected chi connectivity index (χ4v) is 2.64. The number of carboxylic acids is 3. The van der Waals surface area contributed by atoms with Gasteiger partial charge in [0.2, 0.25) is 0 Å². The molecule has 0 bridgehead atoms. The first-order chi connectivity index (χ1) is 14.5. The van der Waals surface area contributed by atoms with Crippen LogP contribution in [0, 0.1) is 0 Å². The van der Waals surface area contributed by atoms with E-state index in [4.69, 9.17) is 38.3 Å². The second kappa shape index (κ2) is 9.18. The molecule has 0 radical (unpaired) electrons. The molecular formula is C21H20N4O6. The molecular weight excluding hydrogens is 404 g/mol. The maximum absolute atomic E-state index is 11.0. The summed E-state index contributed by atoms with van der Waals surface area (Å²) in [5.74, 6) is -3.31. The second-order valence-electron chi connectivity index (χ2n) is 6.41. The van der Waals surface area contributed by atoms with E-state index in [1.165, 1.54) is 42.5 Å². The summed E-state index contributed by atoms with van der Waals surface area (Å²) in [6.45, 7) is 0. The monoisotopic (exact) mass is 424 g/mol. The highest BCUT2D eigenvalue weighted by atomic mass is 16.4. The number of benzene rings is 3. The Balaban J connectivity index is 0.000000262. The highest BCUT2D eigenvalue weighted by Gasteiger charge is 2.13. The lowest BCUT2D eigenvalue weighted by atomic mass is 9.99. The predicted molar refractivity (Wildman–Crippen MR) is 117 cm³/mol. The van der Waals surface area contributed by atoms with Crippen LogP contribution in [0.25, 0.3) is 11.1 Å². The minimum atomic E-state index is -1.14. The lowest BCUT2D eigenvalue weighted by molar-refractivity contribution is 0.0686. The van der Waals surface area contributed by atoms with Gasteiger partial charge in [-0.05, 0) is 53.6 Å². The van der Waals surface area contributed by atoms with Crippen LogP contribution in [0.15, 0.2) is 54.6 Å². The smallest absolute Gasteiger partial charge is 0.337 e. The third kappa shape index (κ3) is 5.64. The van der Waals surface area contributed by atoms with E-state index in [-0.39, 0.29) is 28.1 Å². The van der Waals surface area contributed by atoms with E-state index in [1.807, 2.05) is 0 Å². The van der Waals surface area contributed by atoms with Crippen molar-refractivity contribution in [3.05, 3.63) is 71.3 Å². The number of nitrogens with two attached hydrogens (primary N) is 4. The van der Waals surface area contributed by atoms with Crippen LogP contribution >= 0.6 is 0 Å². The molecule has 10 heteroatoms. The Hall–Kier alpha value is -4.73. The molecule has 0 saturated heterocycles. The van der Waals surface area contributed by atoms with E-state index >= 15 is 0 Å². The summed E-state index contributed by atoms with van der Waals surface area (Å²) >= 11 is 0. The van der Waals surface area contributed by atoms with E-state index in [0.717, 1.165) is 0 Å². The first kappa shape index (κ1) is 22.6. The average molecular weight is 424 g/mol. The van der Waals surface area contributed by atoms with Gasteiger partial charge in [-0.2, -0.15) is 0 Å². The largest absolute Gasteiger partial charge is 0.478 e. The predicted octanol–water partition coefficient (Wildman–Crippen LogP) is 2.46. The molecule has 0 aliphatic rings. The van der Waals surface area contributed by atoms with Gasteiger partial charge < -0.3 is 38.3 Å². The molecule has 31 heavy (non-hydrogen) atoms. The summed E-state index contributed by atoms with van der Waals surface area (Å²) in [6, 6.07) is 13.2. The van der Waals surface area contributed by atoms with Crippen molar-refractivity contribution in [2.45, 2.75) is 0 Å². The Morgan fingerprint density at radius 2 is 0.935 bits per heavy atom. The van der Waals surface area contributed by atoms with Gasteiger partial charge in [0.05, 0.1) is 16.7 Å². The van der Waals surface area contributed by atoms with E-state index in [9.17, 15) is 14.4 Å². The number of rotatable bonds is 4. The van der Waals surface area contributed by atoms with Gasteiger partial charge in [0.15, 0.2) is 0 Å². The zero-order valence-electron chi connectivity index (χ0n) is 16.1. The Bertz CT molecular complexity index is 1090. The Labute approximate surface area is 176 Å². The van der Waals surface area contributed by atoms with Crippen LogP contribution in [0.1, 0.15) is 31.1 Å². The molecule has 0 aliphatic carbocycles. The summed E-state index contributed by atoms with van der Waals surface area (Å²) < 4.78 is 0. The number of hydrogen-bond acceptors (Lipinski definition) is 7. The van der Waals surface area contributed by atoms with Crippen LogP contribution in [0.3, 0.4) is 0 Å². The lowest BCUT2D eigenvalue weighted by Crippen LogP contribution is -2.04. The fraction of sp³-hybridized carbons (Fsp3) is 0. The number of carbonyl (C=O) groups is 3. The molecule has 160 valence electrons. The molecule has 0 aliphatic heterocycles. The van der Waals surface area contributed by atoms with Gasteiger partial charge in [-0.3, -0.25) is 0 Å².